The van der Waals surface area contributed by atoms with Crippen LogP contribution in [0.15, 0.2) is 24.3 Å². The molecule has 1 aromatic heterocycles. The van der Waals surface area contributed by atoms with Crippen molar-refractivity contribution < 1.29 is 4.39 Å². The van der Waals surface area contributed by atoms with Crippen LogP contribution in [0.1, 0.15) is 42.6 Å². The van der Waals surface area contributed by atoms with Crippen LogP contribution in [0.4, 0.5) is 4.39 Å². The molecule has 1 fully saturated rings. The number of nitrogens with zero attached hydrogens (tertiary/aromatic N) is 3. The molecule has 0 spiro atoms. The van der Waals surface area contributed by atoms with Gasteiger partial charge in [-0.15, -0.1) is 0 Å². The van der Waals surface area contributed by atoms with Crippen LogP contribution >= 0.6 is 0 Å². The molecule has 140 valence electrons. The molecular formula is C21H29FN4. The van der Waals surface area contributed by atoms with Gasteiger partial charge in [0.25, 0.3) is 0 Å². The van der Waals surface area contributed by atoms with Crippen molar-refractivity contribution >= 4 is 0 Å². The van der Waals surface area contributed by atoms with E-state index in [1.807, 2.05) is 19.2 Å². The lowest BCUT2D eigenvalue weighted by atomic mass is 9.93. The molecule has 5 heteroatoms. The van der Waals surface area contributed by atoms with Gasteiger partial charge in [-0.2, -0.15) is 5.10 Å². The van der Waals surface area contributed by atoms with Gasteiger partial charge in [0.2, 0.25) is 0 Å². The highest BCUT2D eigenvalue weighted by Crippen LogP contribution is 2.30. The van der Waals surface area contributed by atoms with E-state index in [0.717, 1.165) is 37.5 Å². The van der Waals surface area contributed by atoms with Gasteiger partial charge in [0.15, 0.2) is 0 Å². The molecule has 2 heterocycles. The maximum atomic E-state index is 13.3. The van der Waals surface area contributed by atoms with Crippen molar-refractivity contribution in [2.45, 2.75) is 45.1 Å². The molecule has 0 radical (unpaired) electrons. The first kappa shape index (κ1) is 17.7. The Morgan fingerprint density at radius 3 is 2.65 bits per heavy atom. The smallest absolute Gasteiger partial charge is 0.123 e. The Balaban J connectivity index is 1.46. The van der Waals surface area contributed by atoms with Crippen molar-refractivity contribution in [1.29, 1.82) is 0 Å². The van der Waals surface area contributed by atoms with E-state index in [0.29, 0.717) is 0 Å². The lowest BCUT2D eigenvalue weighted by molar-refractivity contribution is 0.170. The molecule has 1 aliphatic carbocycles. The van der Waals surface area contributed by atoms with Crippen LogP contribution in [-0.4, -0.2) is 41.4 Å². The number of hydrogen-bond donors (Lipinski definition) is 1. The van der Waals surface area contributed by atoms with Crippen LogP contribution in [0.25, 0.3) is 5.69 Å². The summed E-state index contributed by atoms with van der Waals surface area (Å²) in [4.78, 5) is 2.56. The monoisotopic (exact) mass is 356 g/mol. The van der Waals surface area contributed by atoms with Gasteiger partial charge < -0.3 is 5.32 Å². The molecule has 0 unspecified atom stereocenters. The first-order valence-corrected chi connectivity index (χ1v) is 9.97. The summed E-state index contributed by atoms with van der Waals surface area (Å²) >= 11 is 0. The number of rotatable bonds is 6. The van der Waals surface area contributed by atoms with Crippen LogP contribution < -0.4 is 5.32 Å². The third kappa shape index (κ3) is 3.69. The van der Waals surface area contributed by atoms with E-state index in [2.05, 4.69) is 14.9 Å². The predicted molar refractivity (Wildman–Crippen MR) is 102 cm³/mol. The summed E-state index contributed by atoms with van der Waals surface area (Å²) in [6.07, 6.45) is 7.29. The fourth-order valence-corrected chi connectivity index (χ4v) is 4.43. The van der Waals surface area contributed by atoms with Crippen molar-refractivity contribution in [3.05, 3.63) is 47.0 Å². The highest BCUT2D eigenvalue weighted by molar-refractivity contribution is 5.40. The molecule has 0 bridgehead atoms. The van der Waals surface area contributed by atoms with E-state index in [4.69, 9.17) is 5.10 Å². The van der Waals surface area contributed by atoms with E-state index < -0.39 is 0 Å². The van der Waals surface area contributed by atoms with Crippen molar-refractivity contribution in [3.8, 4) is 5.69 Å². The number of piperidine rings is 1. The Labute approximate surface area is 155 Å². The molecular weight excluding hydrogens is 327 g/mol. The van der Waals surface area contributed by atoms with Crippen LogP contribution in [0.3, 0.4) is 0 Å². The van der Waals surface area contributed by atoms with E-state index in [-0.39, 0.29) is 5.82 Å². The molecule has 1 aliphatic heterocycles. The van der Waals surface area contributed by atoms with Gasteiger partial charge in [0.1, 0.15) is 5.82 Å². The summed E-state index contributed by atoms with van der Waals surface area (Å²) in [5.41, 5.74) is 4.97. The minimum atomic E-state index is -0.195. The second kappa shape index (κ2) is 7.89. The standard InChI is InChI=1S/C21H29FN4/c1-23-12-9-16-10-13-25(14-11-16)15-20-19-3-2-4-21(19)26(24-20)18-7-5-17(22)6-8-18/h5-8,16,23H,2-4,9-15H2,1H3. The molecule has 4 rings (SSSR count). The van der Waals surface area contributed by atoms with E-state index in [9.17, 15) is 4.39 Å². The average molecular weight is 356 g/mol. The minimum Gasteiger partial charge on any atom is -0.320 e. The molecule has 0 saturated carbocycles. The summed E-state index contributed by atoms with van der Waals surface area (Å²) < 4.78 is 15.3. The topological polar surface area (TPSA) is 33.1 Å². The van der Waals surface area contributed by atoms with Gasteiger partial charge in [-0.25, -0.2) is 9.07 Å². The third-order valence-electron chi connectivity index (χ3n) is 5.97. The summed E-state index contributed by atoms with van der Waals surface area (Å²) in [5.74, 6) is 0.667. The first-order chi connectivity index (χ1) is 12.7. The molecule has 2 aliphatic rings. The highest BCUT2D eigenvalue weighted by Gasteiger charge is 2.26. The zero-order valence-corrected chi connectivity index (χ0v) is 15.7. The summed E-state index contributed by atoms with van der Waals surface area (Å²) in [7, 11) is 2.03. The van der Waals surface area contributed by atoms with E-state index in [1.54, 1.807) is 0 Å². The fraction of sp³-hybridized carbons (Fsp3) is 0.571. The van der Waals surface area contributed by atoms with Crippen molar-refractivity contribution in [2.75, 3.05) is 26.7 Å². The van der Waals surface area contributed by atoms with Gasteiger partial charge in [-0.05, 0) is 101 Å². The van der Waals surface area contributed by atoms with Crippen molar-refractivity contribution in [3.63, 3.8) is 0 Å². The number of halogens is 1. The minimum absolute atomic E-state index is 0.195. The maximum Gasteiger partial charge on any atom is 0.123 e. The van der Waals surface area contributed by atoms with Crippen LogP contribution in [-0.2, 0) is 19.4 Å². The summed E-state index contributed by atoms with van der Waals surface area (Å²) in [6, 6.07) is 6.71. The summed E-state index contributed by atoms with van der Waals surface area (Å²) in [6.45, 7) is 4.43. The van der Waals surface area contributed by atoms with Gasteiger partial charge >= 0.3 is 0 Å². The lowest BCUT2D eigenvalue weighted by Crippen LogP contribution is -2.34. The predicted octanol–water partition coefficient (Wildman–Crippen LogP) is 3.32. The largest absolute Gasteiger partial charge is 0.320 e. The zero-order chi connectivity index (χ0) is 17.9. The Morgan fingerprint density at radius 2 is 1.92 bits per heavy atom. The number of aromatic nitrogens is 2. The van der Waals surface area contributed by atoms with Gasteiger partial charge in [0, 0.05) is 12.2 Å². The Hall–Kier alpha value is -1.72. The molecule has 1 N–H and O–H groups in total. The van der Waals surface area contributed by atoms with Crippen LogP contribution in [0.2, 0.25) is 0 Å². The Kier molecular flexibility index (Phi) is 5.36. The average Bonchev–Trinajstić information content (AvgIpc) is 3.26. The Bertz CT molecular complexity index is 729. The van der Waals surface area contributed by atoms with Crippen molar-refractivity contribution in [2.24, 2.45) is 5.92 Å². The zero-order valence-electron chi connectivity index (χ0n) is 15.7. The van der Waals surface area contributed by atoms with Crippen LogP contribution in [0.5, 0.6) is 0 Å². The number of benzene rings is 1. The number of hydrogen-bond acceptors (Lipinski definition) is 3. The number of likely N-dealkylation sites (tertiary alicyclic amines) is 1. The van der Waals surface area contributed by atoms with Gasteiger partial charge in [-0.3, -0.25) is 4.90 Å². The van der Waals surface area contributed by atoms with E-state index >= 15 is 0 Å². The third-order valence-corrected chi connectivity index (χ3v) is 5.97. The second-order valence-corrected chi connectivity index (χ2v) is 7.73. The Morgan fingerprint density at radius 1 is 1.15 bits per heavy atom. The first-order valence-electron chi connectivity index (χ1n) is 9.97. The number of fused-ring (bicyclic) bond motifs is 1. The molecule has 1 saturated heterocycles. The second-order valence-electron chi connectivity index (χ2n) is 7.73. The van der Waals surface area contributed by atoms with Crippen LogP contribution in [0, 0.1) is 11.7 Å². The quantitative estimate of drug-likeness (QED) is 0.862. The van der Waals surface area contributed by atoms with E-state index in [1.165, 1.54) is 67.9 Å². The summed E-state index contributed by atoms with van der Waals surface area (Å²) in [5, 5.41) is 8.20. The van der Waals surface area contributed by atoms with Gasteiger partial charge in [0.05, 0.1) is 11.4 Å². The lowest BCUT2D eigenvalue weighted by Gasteiger charge is -2.31. The molecule has 0 atom stereocenters. The van der Waals surface area contributed by atoms with Gasteiger partial charge in [-0.1, -0.05) is 0 Å². The molecule has 26 heavy (non-hydrogen) atoms. The molecule has 4 nitrogen and oxygen atoms in total. The molecule has 2 aromatic rings. The SMILES string of the molecule is CNCCC1CCN(Cc2nn(-c3ccc(F)cc3)c3c2CCC3)CC1. The molecule has 0 amide bonds. The van der Waals surface area contributed by atoms with Crippen molar-refractivity contribution in [1.82, 2.24) is 20.0 Å². The highest BCUT2D eigenvalue weighted by atomic mass is 19.1. The number of nitrogens with one attached hydrogen (secondary N) is 1. The maximum absolute atomic E-state index is 13.3. The fourth-order valence-electron chi connectivity index (χ4n) is 4.43. The molecule has 1 aromatic carbocycles. The normalized spacial score (nSPS) is 18.4.